The number of halogens is 1. The van der Waals surface area contributed by atoms with Crippen LogP contribution in [0.5, 0.6) is 0 Å². The Morgan fingerprint density at radius 2 is 1.93 bits per heavy atom. The highest BCUT2D eigenvalue weighted by molar-refractivity contribution is 6.29. The third kappa shape index (κ3) is 2.97. The van der Waals surface area contributed by atoms with Gasteiger partial charge in [-0.05, 0) is 31.8 Å². The maximum atomic E-state index is 13.4. The van der Waals surface area contributed by atoms with Gasteiger partial charge in [-0.2, -0.15) is 4.58 Å². The van der Waals surface area contributed by atoms with Crippen LogP contribution in [0.15, 0.2) is 54.4 Å². The first-order chi connectivity index (χ1) is 13.0. The fourth-order valence-corrected chi connectivity index (χ4v) is 4.20. The van der Waals surface area contributed by atoms with Crippen molar-refractivity contribution in [3.8, 4) is 0 Å². The zero-order chi connectivity index (χ0) is 19.1. The van der Waals surface area contributed by atoms with Gasteiger partial charge in [0.2, 0.25) is 0 Å². The first kappa shape index (κ1) is 17.9. The minimum Gasteiger partial charge on any atom is -0.873 e. The van der Waals surface area contributed by atoms with Crippen molar-refractivity contribution in [3.05, 3.63) is 70.7 Å². The number of rotatable bonds is 3. The van der Waals surface area contributed by atoms with E-state index in [1.54, 1.807) is 16.8 Å². The zero-order valence-electron chi connectivity index (χ0n) is 15.2. The average Bonchev–Trinajstić information content (AvgIpc) is 3.08. The molecule has 1 aromatic carbocycles. The van der Waals surface area contributed by atoms with Crippen LogP contribution in [0.1, 0.15) is 30.0 Å². The number of pyridine rings is 1. The molecule has 0 N–H and O–H groups in total. The van der Waals surface area contributed by atoms with E-state index in [-0.39, 0.29) is 23.3 Å². The van der Waals surface area contributed by atoms with Gasteiger partial charge in [-0.3, -0.25) is 4.90 Å². The molecule has 6 heteroatoms. The van der Waals surface area contributed by atoms with E-state index in [1.165, 1.54) is 0 Å². The molecule has 0 saturated carbocycles. The predicted molar refractivity (Wildman–Crippen MR) is 102 cm³/mol. The highest BCUT2D eigenvalue weighted by atomic mass is 35.5. The van der Waals surface area contributed by atoms with Gasteiger partial charge in [0, 0.05) is 24.6 Å². The van der Waals surface area contributed by atoms with Crippen LogP contribution in [0, 0.1) is 0 Å². The topological polar surface area (TPSA) is 59.3 Å². The smallest absolute Gasteiger partial charge is 0.419 e. The molecular formula is C21H20ClN3O2. The number of hydrogen-bond donors (Lipinski definition) is 0. The number of aromatic nitrogens is 1. The minimum atomic E-state index is -0.428. The van der Waals surface area contributed by atoms with E-state index in [9.17, 15) is 9.90 Å². The molecule has 0 spiro atoms. The maximum absolute atomic E-state index is 13.4. The third-order valence-electron chi connectivity index (χ3n) is 5.25. The summed E-state index contributed by atoms with van der Waals surface area (Å²) in [5.74, 6) is -0.353. The molecule has 27 heavy (non-hydrogen) atoms. The van der Waals surface area contributed by atoms with Gasteiger partial charge in [0.05, 0.1) is 5.57 Å². The van der Waals surface area contributed by atoms with Crippen LogP contribution in [0.4, 0.5) is 0 Å². The van der Waals surface area contributed by atoms with E-state index in [2.05, 4.69) is 4.98 Å². The highest BCUT2D eigenvalue weighted by Gasteiger charge is 2.48. The Morgan fingerprint density at radius 1 is 1.19 bits per heavy atom. The normalized spacial score (nSPS) is 22.6. The van der Waals surface area contributed by atoms with Crippen LogP contribution < -0.4 is 5.11 Å². The molecular weight excluding hydrogens is 362 g/mol. The number of likely N-dealkylation sites (N-methyl/N-ethyl adjacent to an activating group) is 1. The number of benzene rings is 1. The Kier molecular flexibility index (Phi) is 4.58. The van der Waals surface area contributed by atoms with Gasteiger partial charge in [-0.1, -0.05) is 47.7 Å². The summed E-state index contributed by atoms with van der Waals surface area (Å²) in [5, 5.41) is 13.7. The molecule has 2 aliphatic rings. The average molecular weight is 382 g/mol. The number of amides is 1. The van der Waals surface area contributed by atoms with Crippen LogP contribution in [0.2, 0.25) is 5.15 Å². The second-order valence-corrected chi connectivity index (χ2v) is 7.49. The first-order valence-electron chi connectivity index (χ1n) is 8.92. The summed E-state index contributed by atoms with van der Waals surface area (Å²) < 4.78 is 1.80. The molecule has 2 aliphatic heterocycles. The molecule has 2 atom stereocenters. The summed E-state index contributed by atoms with van der Waals surface area (Å²) >= 11 is 5.92. The van der Waals surface area contributed by atoms with Crippen molar-refractivity contribution in [2.75, 3.05) is 14.1 Å². The Labute approximate surface area is 163 Å². The van der Waals surface area contributed by atoms with Crippen molar-refractivity contribution < 1.29 is 14.5 Å². The van der Waals surface area contributed by atoms with E-state index >= 15 is 0 Å². The van der Waals surface area contributed by atoms with E-state index in [0.717, 1.165) is 17.7 Å². The number of carbonyl (C=O) groups excluding carboxylic acids is 1. The van der Waals surface area contributed by atoms with Gasteiger partial charge in [-0.15, -0.1) is 0 Å². The van der Waals surface area contributed by atoms with Crippen molar-refractivity contribution in [1.29, 1.82) is 0 Å². The van der Waals surface area contributed by atoms with Gasteiger partial charge >= 0.3 is 5.91 Å². The monoisotopic (exact) mass is 381 g/mol. The Balaban J connectivity index is 1.85. The summed E-state index contributed by atoms with van der Waals surface area (Å²) in [6.07, 6.45) is 3.19. The molecule has 4 rings (SSSR count). The van der Waals surface area contributed by atoms with Crippen LogP contribution >= 0.6 is 11.6 Å². The van der Waals surface area contributed by atoms with E-state index in [4.69, 9.17) is 11.6 Å². The lowest BCUT2D eigenvalue weighted by molar-refractivity contribution is -0.485. The molecule has 0 aliphatic carbocycles. The Morgan fingerprint density at radius 3 is 2.56 bits per heavy atom. The number of carbonyl (C=O) groups is 1. The maximum Gasteiger partial charge on any atom is 0.419 e. The lowest BCUT2D eigenvalue weighted by Crippen LogP contribution is -2.49. The van der Waals surface area contributed by atoms with Crippen molar-refractivity contribution in [2.45, 2.75) is 24.9 Å². The summed E-state index contributed by atoms with van der Waals surface area (Å²) in [7, 11) is 3.76. The lowest BCUT2D eigenvalue weighted by atomic mass is 9.94. The molecule has 1 aromatic heterocycles. The van der Waals surface area contributed by atoms with E-state index in [1.807, 2.05) is 55.4 Å². The fourth-order valence-electron chi connectivity index (χ4n) is 4.09. The molecule has 5 nitrogen and oxygen atoms in total. The fraction of sp³-hybridized carbons (Fsp3) is 0.286. The van der Waals surface area contributed by atoms with E-state index < -0.39 is 6.04 Å². The van der Waals surface area contributed by atoms with Gasteiger partial charge in [0.25, 0.3) is 0 Å². The predicted octanol–water partition coefficient (Wildman–Crippen LogP) is 2.27. The van der Waals surface area contributed by atoms with Crippen LogP contribution in [-0.4, -0.2) is 46.2 Å². The molecule has 1 amide bonds. The lowest BCUT2D eigenvalue weighted by Gasteiger charge is -2.33. The molecule has 3 heterocycles. The van der Waals surface area contributed by atoms with Gasteiger partial charge in [0.1, 0.15) is 11.2 Å². The summed E-state index contributed by atoms with van der Waals surface area (Å²) in [4.78, 5) is 19.5. The van der Waals surface area contributed by atoms with Crippen molar-refractivity contribution in [3.63, 3.8) is 0 Å². The molecule has 0 bridgehead atoms. The summed E-state index contributed by atoms with van der Waals surface area (Å²) in [6.45, 7) is 0. The largest absolute Gasteiger partial charge is 0.873 e. The van der Waals surface area contributed by atoms with Crippen LogP contribution in [0.3, 0.4) is 0 Å². The second kappa shape index (κ2) is 6.91. The van der Waals surface area contributed by atoms with Gasteiger partial charge < -0.3 is 5.11 Å². The van der Waals surface area contributed by atoms with Gasteiger partial charge in [-0.25, -0.2) is 9.78 Å². The summed E-state index contributed by atoms with van der Waals surface area (Å²) in [5.41, 5.74) is 2.72. The van der Waals surface area contributed by atoms with Crippen molar-refractivity contribution >= 4 is 28.8 Å². The highest BCUT2D eigenvalue weighted by Crippen LogP contribution is 2.37. The Bertz CT molecular complexity index is 949. The SMILES string of the molecule is CN(C)C1C([O-])=C(c2ccccc2)C(=O)[N+]2=C1CCC2c1ccc(Cl)nc1. The van der Waals surface area contributed by atoms with E-state index in [0.29, 0.717) is 17.1 Å². The Hall–Kier alpha value is -2.50. The molecule has 0 radical (unpaired) electrons. The molecule has 0 fully saturated rings. The first-order valence-corrected chi connectivity index (χ1v) is 9.30. The zero-order valence-corrected chi connectivity index (χ0v) is 16.0. The molecule has 0 saturated heterocycles. The standard InChI is InChI=1S/C21H20ClN3O2/c1-24(2)19-16-10-9-15(14-8-11-17(22)23-12-14)25(16)21(27)18(20(19)26)13-6-4-3-5-7-13/h3-8,11-12,15,19H,9-10H2,1-2H3. The molecule has 2 aromatic rings. The molecule has 2 unspecified atom stereocenters. The third-order valence-corrected chi connectivity index (χ3v) is 5.48. The second-order valence-electron chi connectivity index (χ2n) is 7.11. The number of hydrogen-bond acceptors (Lipinski definition) is 4. The summed E-state index contributed by atoms with van der Waals surface area (Å²) in [6, 6.07) is 12.3. The van der Waals surface area contributed by atoms with Crippen molar-refractivity contribution in [2.24, 2.45) is 0 Å². The van der Waals surface area contributed by atoms with Crippen molar-refractivity contribution in [1.82, 2.24) is 9.88 Å². The van der Waals surface area contributed by atoms with Crippen LogP contribution in [0.25, 0.3) is 5.57 Å². The quantitative estimate of drug-likeness (QED) is 0.604. The number of nitrogens with zero attached hydrogens (tertiary/aromatic N) is 3. The molecule has 138 valence electrons. The van der Waals surface area contributed by atoms with Crippen LogP contribution in [-0.2, 0) is 4.79 Å². The van der Waals surface area contributed by atoms with Gasteiger partial charge in [0.15, 0.2) is 11.8 Å². The minimum absolute atomic E-state index is 0.127.